The Bertz CT molecular complexity index is 424. The van der Waals surface area contributed by atoms with E-state index in [2.05, 4.69) is 50.0 Å². The van der Waals surface area contributed by atoms with Crippen molar-refractivity contribution in [3.63, 3.8) is 0 Å². The SMILES string of the molecule is CCC(CN)CC(=O)Nc1ccc(N(CC)C(C)C)cc1. The average Bonchev–Trinajstić information content (AvgIpc) is 2.47. The van der Waals surface area contributed by atoms with Crippen LogP contribution in [0, 0.1) is 5.92 Å². The van der Waals surface area contributed by atoms with Gasteiger partial charge in [0.05, 0.1) is 0 Å². The first-order valence-corrected chi connectivity index (χ1v) is 7.88. The minimum atomic E-state index is 0.0382. The summed E-state index contributed by atoms with van der Waals surface area (Å²) in [6.45, 7) is 10.1. The van der Waals surface area contributed by atoms with Gasteiger partial charge in [0.25, 0.3) is 0 Å². The number of carbonyl (C=O) groups excluding carboxylic acids is 1. The van der Waals surface area contributed by atoms with E-state index in [4.69, 9.17) is 5.73 Å². The number of nitrogens with two attached hydrogens (primary N) is 1. The maximum absolute atomic E-state index is 11.9. The molecule has 1 unspecified atom stereocenters. The summed E-state index contributed by atoms with van der Waals surface area (Å²) in [7, 11) is 0. The van der Waals surface area contributed by atoms with E-state index in [1.54, 1.807) is 0 Å². The largest absolute Gasteiger partial charge is 0.369 e. The molecule has 1 aromatic carbocycles. The number of rotatable bonds is 8. The zero-order chi connectivity index (χ0) is 15.8. The molecule has 1 rings (SSSR count). The van der Waals surface area contributed by atoms with Crippen molar-refractivity contribution in [2.75, 3.05) is 23.3 Å². The Morgan fingerprint density at radius 2 is 1.86 bits per heavy atom. The lowest BCUT2D eigenvalue weighted by molar-refractivity contribution is -0.117. The summed E-state index contributed by atoms with van der Waals surface area (Å²) in [5.41, 5.74) is 7.66. The van der Waals surface area contributed by atoms with Crippen LogP contribution in [0.3, 0.4) is 0 Å². The molecule has 0 spiro atoms. The fraction of sp³-hybridized carbons (Fsp3) is 0.588. The van der Waals surface area contributed by atoms with Crippen LogP contribution in [0.2, 0.25) is 0 Å². The lowest BCUT2D eigenvalue weighted by Crippen LogP contribution is -2.30. The van der Waals surface area contributed by atoms with Crippen molar-refractivity contribution in [1.82, 2.24) is 0 Å². The maximum atomic E-state index is 11.9. The lowest BCUT2D eigenvalue weighted by atomic mass is 10.0. The average molecular weight is 291 g/mol. The molecule has 21 heavy (non-hydrogen) atoms. The molecular formula is C17H29N3O. The van der Waals surface area contributed by atoms with E-state index in [-0.39, 0.29) is 11.8 Å². The molecule has 1 aromatic rings. The summed E-state index contributed by atoms with van der Waals surface area (Å²) in [6.07, 6.45) is 1.42. The number of anilines is 2. The van der Waals surface area contributed by atoms with Crippen LogP contribution in [0.4, 0.5) is 11.4 Å². The van der Waals surface area contributed by atoms with Crippen molar-refractivity contribution in [3.05, 3.63) is 24.3 Å². The number of nitrogens with one attached hydrogen (secondary N) is 1. The van der Waals surface area contributed by atoms with Gasteiger partial charge in [-0.2, -0.15) is 0 Å². The Morgan fingerprint density at radius 1 is 1.24 bits per heavy atom. The van der Waals surface area contributed by atoms with Gasteiger partial charge in [-0.05, 0) is 57.5 Å². The summed E-state index contributed by atoms with van der Waals surface area (Å²) in [5, 5.41) is 2.94. The third-order valence-electron chi connectivity index (χ3n) is 3.83. The van der Waals surface area contributed by atoms with Crippen molar-refractivity contribution in [1.29, 1.82) is 0 Å². The smallest absolute Gasteiger partial charge is 0.224 e. The molecule has 0 aliphatic heterocycles. The van der Waals surface area contributed by atoms with Crippen molar-refractivity contribution in [3.8, 4) is 0 Å². The molecule has 3 N–H and O–H groups in total. The number of hydrogen-bond acceptors (Lipinski definition) is 3. The molecule has 118 valence electrons. The van der Waals surface area contributed by atoms with Crippen LogP contribution in [-0.4, -0.2) is 25.0 Å². The first kappa shape index (κ1) is 17.5. The van der Waals surface area contributed by atoms with E-state index >= 15 is 0 Å². The highest BCUT2D eigenvalue weighted by Gasteiger charge is 2.11. The van der Waals surface area contributed by atoms with Crippen LogP contribution in [-0.2, 0) is 4.79 Å². The first-order valence-electron chi connectivity index (χ1n) is 7.88. The second-order valence-electron chi connectivity index (χ2n) is 5.69. The van der Waals surface area contributed by atoms with E-state index in [1.807, 2.05) is 12.1 Å². The van der Waals surface area contributed by atoms with Gasteiger partial charge in [0, 0.05) is 30.4 Å². The van der Waals surface area contributed by atoms with Gasteiger partial charge < -0.3 is 16.0 Å². The second kappa shape index (κ2) is 8.67. The summed E-state index contributed by atoms with van der Waals surface area (Å²) in [6, 6.07) is 8.49. The number of nitrogens with zero attached hydrogens (tertiary/aromatic N) is 1. The zero-order valence-electron chi connectivity index (χ0n) is 13.7. The molecule has 0 saturated heterocycles. The topological polar surface area (TPSA) is 58.4 Å². The molecule has 0 aromatic heterocycles. The number of carbonyl (C=O) groups is 1. The van der Waals surface area contributed by atoms with Crippen LogP contribution >= 0.6 is 0 Å². The Kier molecular flexibility index (Phi) is 7.23. The minimum Gasteiger partial charge on any atom is -0.369 e. The number of amides is 1. The molecule has 0 fully saturated rings. The highest BCUT2D eigenvalue weighted by molar-refractivity contribution is 5.91. The third-order valence-corrected chi connectivity index (χ3v) is 3.83. The highest BCUT2D eigenvalue weighted by Crippen LogP contribution is 2.20. The molecule has 1 amide bonds. The van der Waals surface area contributed by atoms with Gasteiger partial charge in [0.2, 0.25) is 5.91 Å². The van der Waals surface area contributed by atoms with E-state index in [1.165, 1.54) is 5.69 Å². The molecule has 0 heterocycles. The zero-order valence-corrected chi connectivity index (χ0v) is 13.7. The van der Waals surface area contributed by atoms with Crippen LogP contribution in [0.25, 0.3) is 0 Å². The Labute approximate surface area is 128 Å². The fourth-order valence-electron chi connectivity index (χ4n) is 2.45. The fourth-order valence-corrected chi connectivity index (χ4v) is 2.45. The van der Waals surface area contributed by atoms with Gasteiger partial charge in [-0.3, -0.25) is 4.79 Å². The van der Waals surface area contributed by atoms with Gasteiger partial charge in [-0.1, -0.05) is 13.3 Å². The van der Waals surface area contributed by atoms with Crippen molar-refractivity contribution >= 4 is 17.3 Å². The van der Waals surface area contributed by atoms with Gasteiger partial charge in [-0.25, -0.2) is 0 Å². The summed E-state index contributed by atoms with van der Waals surface area (Å²) < 4.78 is 0. The second-order valence-corrected chi connectivity index (χ2v) is 5.69. The first-order chi connectivity index (χ1) is 10.0. The van der Waals surface area contributed by atoms with Crippen molar-refractivity contribution in [2.24, 2.45) is 11.7 Å². The van der Waals surface area contributed by atoms with Crippen LogP contribution < -0.4 is 16.0 Å². The van der Waals surface area contributed by atoms with Crippen LogP contribution in [0.15, 0.2) is 24.3 Å². The van der Waals surface area contributed by atoms with Gasteiger partial charge in [0.1, 0.15) is 0 Å². The van der Waals surface area contributed by atoms with E-state index in [9.17, 15) is 4.79 Å². The number of benzene rings is 1. The maximum Gasteiger partial charge on any atom is 0.224 e. The molecule has 0 radical (unpaired) electrons. The van der Waals surface area contributed by atoms with E-state index in [0.717, 1.165) is 18.7 Å². The standard InChI is InChI=1S/C17H29N3O/c1-5-14(12-18)11-17(21)19-15-7-9-16(10-8-15)20(6-2)13(3)4/h7-10,13-14H,5-6,11-12,18H2,1-4H3,(H,19,21). The Morgan fingerprint density at radius 3 is 2.29 bits per heavy atom. The normalized spacial score (nSPS) is 12.3. The van der Waals surface area contributed by atoms with Crippen LogP contribution in [0.5, 0.6) is 0 Å². The van der Waals surface area contributed by atoms with E-state index in [0.29, 0.717) is 19.0 Å². The molecule has 0 aliphatic rings. The molecule has 4 nitrogen and oxygen atoms in total. The molecule has 4 heteroatoms. The summed E-state index contributed by atoms with van der Waals surface area (Å²) >= 11 is 0. The van der Waals surface area contributed by atoms with Crippen molar-refractivity contribution in [2.45, 2.75) is 46.6 Å². The highest BCUT2D eigenvalue weighted by atomic mass is 16.1. The van der Waals surface area contributed by atoms with E-state index < -0.39 is 0 Å². The summed E-state index contributed by atoms with van der Waals surface area (Å²) in [5.74, 6) is 0.303. The molecule has 0 bridgehead atoms. The molecule has 1 atom stereocenters. The van der Waals surface area contributed by atoms with Crippen molar-refractivity contribution < 1.29 is 4.79 Å². The lowest BCUT2D eigenvalue weighted by Gasteiger charge is -2.27. The van der Waals surface area contributed by atoms with Crippen LogP contribution in [0.1, 0.15) is 40.5 Å². The molecule has 0 aliphatic carbocycles. The number of hydrogen-bond donors (Lipinski definition) is 2. The van der Waals surface area contributed by atoms with Gasteiger partial charge in [0.15, 0.2) is 0 Å². The predicted molar refractivity (Wildman–Crippen MR) is 90.7 cm³/mol. The molecular weight excluding hydrogens is 262 g/mol. The minimum absolute atomic E-state index is 0.0382. The van der Waals surface area contributed by atoms with Gasteiger partial charge >= 0.3 is 0 Å². The predicted octanol–water partition coefficient (Wildman–Crippen LogP) is 3.23. The molecule has 0 saturated carbocycles. The monoisotopic (exact) mass is 291 g/mol. The third kappa shape index (κ3) is 5.38. The van der Waals surface area contributed by atoms with Gasteiger partial charge in [-0.15, -0.1) is 0 Å². The quantitative estimate of drug-likeness (QED) is 0.773. The Balaban J connectivity index is 2.64. The summed E-state index contributed by atoms with van der Waals surface area (Å²) in [4.78, 5) is 14.3. The Hall–Kier alpha value is -1.55.